The van der Waals surface area contributed by atoms with Gasteiger partial charge in [-0.25, -0.2) is 4.98 Å². The van der Waals surface area contributed by atoms with Gasteiger partial charge in [0.15, 0.2) is 0 Å². The van der Waals surface area contributed by atoms with Crippen LogP contribution < -0.4 is 5.32 Å². The maximum atomic E-state index is 10.3. The first kappa shape index (κ1) is 9.46. The summed E-state index contributed by atoms with van der Waals surface area (Å²) in [7, 11) is 1.84. The predicted octanol–water partition coefficient (Wildman–Crippen LogP) is 1.88. The summed E-state index contributed by atoms with van der Waals surface area (Å²) in [6, 6.07) is 5.75. The van der Waals surface area contributed by atoms with Crippen molar-refractivity contribution in [2.75, 3.05) is 12.4 Å². The van der Waals surface area contributed by atoms with Gasteiger partial charge in [-0.1, -0.05) is 18.9 Å². The summed E-state index contributed by atoms with van der Waals surface area (Å²) in [4.78, 5) is 4.38. The molecule has 0 aromatic carbocycles. The normalized spacial score (nSPS) is 19.6. The molecule has 1 aliphatic carbocycles. The maximum Gasteiger partial charge on any atom is 0.126 e. The third-order valence-electron chi connectivity index (χ3n) is 2.91. The minimum atomic E-state index is -0.674. The summed E-state index contributed by atoms with van der Waals surface area (Å²) in [5, 5.41) is 13.3. The molecule has 1 aromatic heterocycles. The van der Waals surface area contributed by atoms with Gasteiger partial charge in [0.1, 0.15) is 11.4 Å². The Labute approximate surface area is 84.2 Å². The smallest absolute Gasteiger partial charge is 0.126 e. The lowest BCUT2D eigenvalue weighted by molar-refractivity contribution is 0.0401. The Kier molecular flexibility index (Phi) is 2.42. The summed E-state index contributed by atoms with van der Waals surface area (Å²) >= 11 is 0. The molecule has 0 aliphatic heterocycles. The highest BCUT2D eigenvalue weighted by atomic mass is 16.3. The molecule has 0 unspecified atom stereocenters. The number of pyridine rings is 1. The molecule has 0 bridgehead atoms. The first-order chi connectivity index (χ1) is 6.74. The lowest BCUT2D eigenvalue weighted by Gasteiger charge is -2.21. The molecule has 1 saturated carbocycles. The van der Waals surface area contributed by atoms with Crippen LogP contribution in [0.3, 0.4) is 0 Å². The van der Waals surface area contributed by atoms with E-state index >= 15 is 0 Å². The van der Waals surface area contributed by atoms with Gasteiger partial charge >= 0.3 is 0 Å². The van der Waals surface area contributed by atoms with E-state index in [2.05, 4.69) is 10.3 Å². The van der Waals surface area contributed by atoms with Gasteiger partial charge in [-0.05, 0) is 25.0 Å². The largest absolute Gasteiger partial charge is 0.384 e. The lowest BCUT2D eigenvalue weighted by Crippen LogP contribution is -2.22. The average Bonchev–Trinajstić information content (AvgIpc) is 2.67. The SMILES string of the molecule is CNc1cccc(C2(O)CCCC2)n1. The van der Waals surface area contributed by atoms with Gasteiger partial charge in [0, 0.05) is 7.05 Å². The first-order valence-electron chi connectivity index (χ1n) is 5.12. The van der Waals surface area contributed by atoms with Crippen LogP contribution in [-0.2, 0) is 5.60 Å². The van der Waals surface area contributed by atoms with E-state index in [-0.39, 0.29) is 0 Å². The second-order valence-electron chi connectivity index (χ2n) is 3.90. The number of rotatable bonds is 2. The second kappa shape index (κ2) is 3.58. The minimum Gasteiger partial charge on any atom is -0.384 e. The molecule has 14 heavy (non-hydrogen) atoms. The van der Waals surface area contributed by atoms with Crippen molar-refractivity contribution in [2.45, 2.75) is 31.3 Å². The highest BCUT2D eigenvalue weighted by Gasteiger charge is 2.34. The van der Waals surface area contributed by atoms with E-state index in [0.29, 0.717) is 0 Å². The summed E-state index contributed by atoms with van der Waals surface area (Å²) in [5.41, 5.74) is 0.134. The highest BCUT2D eigenvalue weighted by molar-refractivity contribution is 5.35. The van der Waals surface area contributed by atoms with Crippen LogP contribution in [0.1, 0.15) is 31.4 Å². The standard InChI is InChI=1S/C11H16N2O/c1-12-10-6-4-5-9(13-10)11(14)7-2-3-8-11/h4-6,14H,2-3,7-8H2,1H3,(H,12,13). The number of anilines is 1. The summed E-state index contributed by atoms with van der Waals surface area (Å²) in [5.74, 6) is 0.822. The first-order valence-corrected chi connectivity index (χ1v) is 5.12. The van der Waals surface area contributed by atoms with Crippen LogP contribution in [0.5, 0.6) is 0 Å². The van der Waals surface area contributed by atoms with E-state index in [0.717, 1.165) is 37.2 Å². The molecule has 1 aliphatic rings. The van der Waals surface area contributed by atoms with Crippen molar-refractivity contribution < 1.29 is 5.11 Å². The van der Waals surface area contributed by atoms with E-state index in [1.807, 2.05) is 25.2 Å². The molecule has 2 N–H and O–H groups in total. The Bertz CT molecular complexity index is 319. The summed E-state index contributed by atoms with van der Waals surface area (Å²) < 4.78 is 0. The van der Waals surface area contributed by atoms with Crippen LogP contribution in [0.15, 0.2) is 18.2 Å². The Morgan fingerprint density at radius 1 is 1.36 bits per heavy atom. The predicted molar refractivity (Wildman–Crippen MR) is 56.1 cm³/mol. The third-order valence-corrected chi connectivity index (χ3v) is 2.91. The van der Waals surface area contributed by atoms with E-state index < -0.39 is 5.60 Å². The molecular formula is C11H16N2O. The molecule has 1 heterocycles. The zero-order valence-electron chi connectivity index (χ0n) is 8.45. The minimum absolute atomic E-state index is 0.674. The molecule has 76 valence electrons. The number of hydrogen-bond donors (Lipinski definition) is 2. The molecule has 0 saturated heterocycles. The molecule has 2 rings (SSSR count). The van der Waals surface area contributed by atoms with Crippen LogP contribution in [0, 0.1) is 0 Å². The maximum absolute atomic E-state index is 10.3. The molecule has 0 radical (unpaired) electrons. The van der Waals surface area contributed by atoms with Gasteiger partial charge in [0.25, 0.3) is 0 Å². The van der Waals surface area contributed by atoms with Gasteiger partial charge in [-0.3, -0.25) is 0 Å². The second-order valence-corrected chi connectivity index (χ2v) is 3.90. The fourth-order valence-electron chi connectivity index (χ4n) is 2.05. The number of hydrogen-bond acceptors (Lipinski definition) is 3. The fraction of sp³-hybridized carbons (Fsp3) is 0.545. The van der Waals surface area contributed by atoms with Crippen molar-refractivity contribution in [1.82, 2.24) is 4.98 Å². The van der Waals surface area contributed by atoms with Crippen LogP contribution in [-0.4, -0.2) is 17.1 Å². The zero-order valence-corrected chi connectivity index (χ0v) is 8.45. The molecule has 1 fully saturated rings. The molecule has 3 nitrogen and oxygen atoms in total. The third kappa shape index (κ3) is 1.60. The molecule has 1 aromatic rings. The summed E-state index contributed by atoms with van der Waals surface area (Å²) in [6.45, 7) is 0. The number of nitrogens with one attached hydrogen (secondary N) is 1. The quantitative estimate of drug-likeness (QED) is 0.752. The van der Waals surface area contributed by atoms with E-state index in [4.69, 9.17) is 0 Å². The average molecular weight is 192 g/mol. The van der Waals surface area contributed by atoms with Crippen LogP contribution in [0.4, 0.5) is 5.82 Å². The zero-order chi connectivity index (χ0) is 10.0. The van der Waals surface area contributed by atoms with Crippen molar-refractivity contribution >= 4 is 5.82 Å². The van der Waals surface area contributed by atoms with Crippen molar-refractivity contribution in [2.24, 2.45) is 0 Å². The number of aliphatic hydroxyl groups is 1. The van der Waals surface area contributed by atoms with Crippen LogP contribution in [0.2, 0.25) is 0 Å². The van der Waals surface area contributed by atoms with Crippen molar-refractivity contribution in [3.05, 3.63) is 23.9 Å². The number of nitrogens with zero attached hydrogens (tertiary/aromatic N) is 1. The molecule has 0 spiro atoms. The van der Waals surface area contributed by atoms with Crippen molar-refractivity contribution in [3.63, 3.8) is 0 Å². The van der Waals surface area contributed by atoms with E-state index in [9.17, 15) is 5.11 Å². The van der Waals surface area contributed by atoms with Gasteiger partial charge in [-0.15, -0.1) is 0 Å². The van der Waals surface area contributed by atoms with Crippen molar-refractivity contribution in [1.29, 1.82) is 0 Å². The summed E-state index contributed by atoms with van der Waals surface area (Å²) in [6.07, 6.45) is 3.88. The number of aromatic nitrogens is 1. The van der Waals surface area contributed by atoms with Gasteiger partial charge < -0.3 is 10.4 Å². The van der Waals surface area contributed by atoms with Gasteiger partial charge in [-0.2, -0.15) is 0 Å². The molecule has 3 heteroatoms. The van der Waals surface area contributed by atoms with Gasteiger partial charge in [0.2, 0.25) is 0 Å². The Morgan fingerprint density at radius 2 is 2.07 bits per heavy atom. The monoisotopic (exact) mass is 192 g/mol. The Hall–Kier alpha value is -1.09. The topological polar surface area (TPSA) is 45.1 Å². The molecule has 0 atom stereocenters. The lowest BCUT2D eigenvalue weighted by atomic mass is 9.97. The van der Waals surface area contributed by atoms with Crippen LogP contribution in [0.25, 0.3) is 0 Å². The Balaban J connectivity index is 2.30. The Morgan fingerprint density at radius 3 is 2.71 bits per heavy atom. The van der Waals surface area contributed by atoms with Crippen molar-refractivity contribution in [3.8, 4) is 0 Å². The fourth-order valence-corrected chi connectivity index (χ4v) is 2.05. The van der Waals surface area contributed by atoms with E-state index in [1.165, 1.54) is 0 Å². The molecular weight excluding hydrogens is 176 g/mol. The van der Waals surface area contributed by atoms with Gasteiger partial charge in [0.05, 0.1) is 5.69 Å². The van der Waals surface area contributed by atoms with Crippen LogP contribution >= 0.6 is 0 Å². The van der Waals surface area contributed by atoms with E-state index in [1.54, 1.807) is 0 Å². The highest BCUT2D eigenvalue weighted by Crippen LogP contribution is 2.37. The molecule has 0 amide bonds.